The van der Waals surface area contributed by atoms with Crippen molar-refractivity contribution in [3.05, 3.63) is 57.6 Å². The maximum absolute atomic E-state index is 11.2. The molecule has 260 valence electrons. The van der Waals surface area contributed by atoms with Gasteiger partial charge in [-0.2, -0.15) is 0 Å². The highest BCUT2D eigenvalue weighted by Gasteiger charge is 2.15. The zero-order chi connectivity index (χ0) is 33.1. The van der Waals surface area contributed by atoms with Gasteiger partial charge in [0.25, 0.3) is 0 Å². The van der Waals surface area contributed by atoms with Crippen molar-refractivity contribution in [1.82, 2.24) is 31.1 Å². The van der Waals surface area contributed by atoms with Crippen LogP contribution in [0.4, 0.5) is 0 Å². The van der Waals surface area contributed by atoms with Gasteiger partial charge in [-0.05, 0) is 122 Å². The van der Waals surface area contributed by atoms with Crippen LogP contribution in [0.25, 0.3) is 0 Å². The normalized spacial score (nSPS) is 22.7. The lowest BCUT2D eigenvalue weighted by molar-refractivity contribution is 0.238. The molecule has 0 saturated carbocycles. The minimum Gasteiger partial charge on any atom is -0.507 e. The van der Waals surface area contributed by atoms with E-state index < -0.39 is 0 Å². The molecule has 10 heteroatoms. The summed E-state index contributed by atoms with van der Waals surface area (Å²) in [6, 6.07) is 8.29. The number of aryl methyl sites for hydroxylation is 2. The molecule has 5 rings (SSSR count). The number of hydrogen-bond acceptors (Lipinski definition) is 10. The van der Waals surface area contributed by atoms with Gasteiger partial charge in [-0.1, -0.05) is 12.1 Å². The van der Waals surface area contributed by atoms with Crippen LogP contribution in [0.2, 0.25) is 0 Å². The highest BCUT2D eigenvalue weighted by Crippen LogP contribution is 2.26. The Morgan fingerprint density at radius 1 is 0.511 bits per heavy atom. The summed E-state index contributed by atoms with van der Waals surface area (Å²) in [6.45, 7) is 18.4. The number of phenols is 2. The Bertz CT molecular complexity index is 1160. The molecule has 1 fully saturated rings. The maximum atomic E-state index is 11.2. The summed E-state index contributed by atoms with van der Waals surface area (Å²) in [6.07, 6.45) is 8.76. The Morgan fingerprint density at radius 2 is 0.915 bits per heavy atom. The zero-order valence-electron chi connectivity index (χ0n) is 29.0. The summed E-state index contributed by atoms with van der Waals surface area (Å²) < 4.78 is 0. The van der Waals surface area contributed by atoms with E-state index in [0.717, 1.165) is 170 Å². The fourth-order valence-corrected chi connectivity index (χ4v) is 6.31. The van der Waals surface area contributed by atoms with Gasteiger partial charge in [0.1, 0.15) is 11.5 Å². The molecule has 0 spiro atoms. The molecule has 0 amide bonds. The number of nitrogens with zero attached hydrogens (tertiary/aromatic N) is 4. The third kappa shape index (κ3) is 13.6. The molecule has 2 atom stereocenters. The Morgan fingerprint density at radius 3 is 1.38 bits per heavy atom. The topological polar surface area (TPSA) is 120 Å². The molecule has 0 aromatic heterocycles. The van der Waals surface area contributed by atoms with E-state index in [4.69, 9.17) is 0 Å². The van der Waals surface area contributed by atoms with Gasteiger partial charge >= 0.3 is 0 Å². The second kappa shape index (κ2) is 21.2. The molecule has 0 radical (unpaired) electrons. The predicted molar refractivity (Wildman–Crippen MR) is 196 cm³/mol. The van der Waals surface area contributed by atoms with Crippen molar-refractivity contribution in [2.45, 2.75) is 59.0 Å². The number of rotatable bonds is 0. The molecule has 6 bridgehead atoms. The Kier molecular flexibility index (Phi) is 16.7. The van der Waals surface area contributed by atoms with Crippen molar-refractivity contribution in [3.63, 3.8) is 0 Å². The Labute approximate surface area is 283 Å². The van der Waals surface area contributed by atoms with Crippen LogP contribution in [-0.2, 0) is 13.1 Å². The molecule has 47 heavy (non-hydrogen) atoms. The smallest absolute Gasteiger partial charge is 0.128 e. The van der Waals surface area contributed by atoms with Crippen molar-refractivity contribution in [1.29, 1.82) is 0 Å². The fraction of sp³-hybridized carbons (Fsp3) is 0.622. The molecule has 2 unspecified atom stereocenters. The van der Waals surface area contributed by atoms with Crippen LogP contribution in [0.15, 0.2) is 34.3 Å². The van der Waals surface area contributed by atoms with Crippen molar-refractivity contribution >= 4 is 12.4 Å². The molecule has 3 aliphatic rings. The average Bonchev–Trinajstić information content (AvgIpc) is 3.05. The quantitative estimate of drug-likeness (QED) is 0.258. The van der Waals surface area contributed by atoms with Crippen LogP contribution < -0.4 is 21.3 Å². The number of aromatic hydroxyl groups is 2. The van der Waals surface area contributed by atoms with Gasteiger partial charge < -0.3 is 31.5 Å². The van der Waals surface area contributed by atoms with E-state index in [-0.39, 0.29) is 0 Å². The first-order chi connectivity index (χ1) is 23.0. The number of nitrogens with one attached hydrogen (secondary N) is 4. The minimum absolute atomic E-state index is 0.351. The van der Waals surface area contributed by atoms with Crippen LogP contribution in [0.3, 0.4) is 0 Å². The van der Waals surface area contributed by atoms with E-state index in [2.05, 4.69) is 67.0 Å². The summed E-state index contributed by atoms with van der Waals surface area (Å²) in [7, 11) is 0. The third-order valence-electron chi connectivity index (χ3n) is 8.83. The first kappa shape index (κ1) is 37.0. The fourth-order valence-electron chi connectivity index (χ4n) is 6.31. The summed E-state index contributed by atoms with van der Waals surface area (Å²) in [5, 5.41) is 36.7. The van der Waals surface area contributed by atoms with Crippen LogP contribution in [0, 0.1) is 13.8 Å². The third-order valence-corrected chi connectivity index (χ3v) is 8.83. The minimum atomic E-state index is 0.351. The van der Waals surface area contributed by atoms with Crippen molar-refractivity contribution in [2.24, 2.45) is 9.98 Å². The summed E-state index contributed by atoms with van der Waals surface area (Å²) in [4.78, 5) is 14.2. The van der Waals surface area contributed by atoms with Crippen molar-refractivity contribution in [2.75, 3.05) is 91.6 Å². The van der Waals surface area contributed by atoms with E-state index in [1.807, 2.05) is 24.6 Å². The lowest BCUT2D eigenvalue weighted by atomic mass is 10.0. The molecule has 3 heterocycles. The largest absolute Gasteiger partial charge is 0.507 e. The Balaban J connectivity index is 1.45. The second-order valence-electron chi connectivity index (χ2n) is 13.1. The van der Waals surface area contributed by atoms with E-state index in [9.17, 15) is 10.2 Å². The summed E-state index contributed by atoms with van der Waals surface area (Å²) in [5.41, 5.74) is 5.84. The van der Waals surface area contributed by atoms with Crippen LogP contribution in [-0.4, -0.2) is 124 Å². The summed E-state index contributed by atoms with van der Waals surface area (Å²) in [5.74, 6) is 0.702. The molecule has 3 aliphatic heterocycles. The maximum Gasteiger partial charge on any atom is 0.128 e. The van der Waals surface area contributed by atoms with Gasteiger partial charge in [0.05, 0.1) is 0 Å². The van der Waals surface area contributed by atoms with Gasteiger partial charge in [-0.25, -0.2) is 0 Å². The van der Waals surface area contributed by atoms with E-state index in [1.54, 1.807) is 0 Å². The Hall–Kier alpha value is -2.86. The molecule has 6 N–H and O–H groups in total. The number of hydrogen-bond donors (Lipinski definition) is 6. The first-order valence-corrected chi connectivity index (χ1v) is 17.9. The van der Waals surface area contributed by atoms with Crippen LogP contribution >= 0.6 is 0 Å². The molecule has 2 aromatic carbocycles. The average molecular weight is 649 g/mol. The van der Waals surface area contributed by atoms with Crippen LogP contribution in [0.5, 0.6) is 11.5 Å². The van der Waals surface area contributed by atoms with Gasteiger partial charge in [-0.3, -0.25) is 19.8 Å². The van der Waals surface area contributed by atoms with Crippen LogP contribution in [0.1, 0.15) is 65.5 Å². The zero-order valence-corrected chi connectivity index (χ0v) is 29.0. The summed E-state index contributed by atoms with van der Waals surface area (Å²) >= 11 is 0. The molecule has 1 saturated heterocycles. The highest BCUT2D eigenvalue weighted by molar-refractivity contribution is 5.85. The standard InChI is InChI=1S/C37H60N8O2/c1-30-22-32-26-42-12-4-10-38-8-3-9-39-11-5-13-43-27-33-23-31(2)25-35(37(33)47)29-45-19-7-15-40-16-20-44(18-6-14-41-17-21-45)28-34(24-30)36(32)46/h22-27,38-41,46-47H,3-21,28-29H2,1-2H3. The SMILES string of the molecule is Cc1cc2c(O)c(c1)CN1CCCNCCN(CCCNCC1)Cc1cc(C)cc(c1O)C=NCCCNCCCNCCCN=C2. The van der Waals surface area contributed by atoms with Gasteiger partial charge in [0.2, 0.25) is 0 Å². The molecule has 0 aliphatic carbocycles. The van der Waals surface area contributed by atoms with Crippen molar-refractivity contribution in [3.8, 4) is 11.5 Å². The van der Waals surface area contributed by atoms with E-state index in [0.29, 0.717) is 11.5 Å². The second-order valence-corrected chi connectivity index (χ2v) is 13.1. The molecular weight excluding hydrogens is 588 g/mol. The first-order valence-electron chi connectivity index (χ1n) is 17.9. The van der Waals surface area contributed by atoms with Gasteiger partial charge in [0, 0.05) is 87.0 Å². The van der Waals surface area contributed by atoms with Gasteiger partial charge in [-0.15, -0.1) is 0 Å². The van der Waals surface area contributed by atoms with Crippen molar-refractivity contribution < 1.29 is 10.2 Å². The van der Waals surface area contributed by atoms with Gasteiger partial charge in [0.15, 0.2) is 0 Å². The molecule has 2 aromatic rings. The molecule has 10 nitrogen and oxygen atoms in total. The predicted octanol–water partition coefficient (Wildman–Crippen LogP) is 3.19. The number of phenolic OH excluding ortho intramolecular Hbond substituents is 2. The highest BCUT2D eigenvalue weighted by atomic mass is 16.3. The van der Waals surface area contributed by atoms with E-state index >= 15 is 0 Å². The number of fused-ring (bicyclic) bond motifs is 22. The van der Waals surface area contributed by atoms with E-state index in [1.165, 1.54) is 0 Å². The lowest BCUT2D eigenvalue weighted by Gasteiger charge is -2.26. The molecular formula is C37H60N8O2. The monoisotopic (exact) mass is 648 g/mol. The number of benzene rings is 2. The lowest BCUT2D eigenvalue weighted by Crippen LogP contribution is -2.38. The number of aliphatic imine (C=N–C) groups is 2.